The smallest absolute Gasteiger partial charge is 0.256 e. The van der Waals surface area contributed by atoms with E-state index in [1.807, 2.05) is 18.2 Å². The summed E-state index contributed by atoms with van der Waals surface area (Å²) in [6, 6.07) is 9.23. The third-order valence-corrected chi connectivity index (χ3v) is 3.00. The maximum absolute atomic E-state index is 11.9. The van der Waals surface area contributed by atoms with Crippen molar-refractivity contribution in [1.29, 1.82) is 0 Å². The molecule has 0 aromatic heterocycles. The van der Waals surface area contributed by atoms with Crippen LogP contribution in [0.2, 0.25) is 0 Å². The van der Waals surface area contributed by atoms with Crippen LogP contribution in [-0.2, 0) is 4.79 Å². The van der Waals surface area contributed by atoms with Crippen LogP contribution in [-0.4, -0.2) is 42.1 Å². The predicted octanol–water partition coefficient (Wildman–Crippen LogP) is 0.150. The minimum atomic E-state index is -1.05. The van der Waals surface area contributed by atoms with Crippen molar-refractivity contribution >= 4 is 5.91 Å². The molecule has 2 N–H and O–H groups in total. The van der Waals surface area contributed by atoms with Gasteiger partial charge in [-0.15, -0.1) is 0 Å². The van der Waals surface area contributed by atoms with E-state index in [-0.39, 0.29) is 11.9 Å². The predicted molar refractivity (Wildman–Crippen MR) is 60.8 cm³/mol. The number of carbonyl (C=O) groups is 1. The molecule has 2 rings (SSSR count). The van der Waals surface area contributed by atoms with Gasteiger partial charge in [-0.2, -0.15) is 0 Å². The summed E-state index contributed by atoms with van der Waals surface area (Å²) in [6.45, 7) is 1.62. The molecule has 16 heavy (non-hydrogen) atoms. The van der Waals surface area contributed by atoms with Gasteiger partial charge in [-0.25, -0.2) is 0 Å². The quantitative estimate of drug-likeness (QED) is 0.762. The molecule has 1 fully saturated rings. The maximum atomic E-state index is 11.9. The van der Waals surface area contributed by atoms with Crippen LogP contribution in [0.25, 0.3) is 0 Å². The highest BCUT2D eigenvalue weighted by atomic mass is 16.3. The van der Waals surface area contributed by atoms with Gasteiger partial charge in [-0.05, 0) is 5.56 Å². The topological polar surface area (TPSA) is 52.6 Å². The molecule has 1 heterocycles. The molecular weight excluding hydrogens is 204 g/mol. The second-order valence-corrected chi connectivity index (χ2v) is 4.07. The zero-order valence-corrected chi connectivity index (χ0v) is 9.26. The number of nitrogens with zero attached hydrogens (tertiary/aromatic N) is 1. The van der Waals surface area contributed by atoms with E-state index >= 15 is 0 Å². The lowest BCUT2D eigenvalue weighted by molar-refractivity contribution is -0.142. The van der Waals surface area contributed by atoms with Crippen LogP contribution in [0.1, 0.15) is 11.7 Å². The van der Waals surface area contributed by atoms with Gasteiger partial charge in [0.25, 0.3) is 5.91 Å². The van der Waals surface area contributed by atoms with Crippen LogP contribution in [0.4, 0.5) is 0 Å². The Bertz CT molecular complexity index is 363. The van der Waals surface area contributed by atoms with E-state index in [0.29, 0.717) is 5.56 Å². The lowest BCUT2D eigenvalue weighted by Gasteiger charge is -2.36. The molecule has 4 nitrogen and oxygen atoms in total. The first-order chi connectivity index (χ1) is 7.70. The third-order valence-electron chi connectivity index (χ3n) is 3.00. The number of hydrogen-bond acceptors (Lipinski definition) is 3. The molecule has 0 radical (unpaired) electrons. The van der Waals surface area contributed by atoms with Gasteiger partial charge in [0.2, 0.25) is 0 Å². The van der Waals surface area contributed by atoms with E-state index in [1.165, 1.54) is 0 Å². The molecular formula is C12H16N2O2. The number of nitrogens with one attached hydrogen (secondary N) is 1. The van der Waals surface area contributed by atoms with Gasteiger partial charge >= 0.3 is 0 Å². The summed E-state index contributed by atoms with van der Waals surface area (Å²) < 4.78 is 0. The zero-order valence-electron chi connectivity index (χ0n) is 9.26. The molecule has 0 saturated carbocycles. The van der Waals surface area contributed by atoms with Crippen LogP contribution in [0.5, 0.6) is 0 Å². The lowest BCUT2D eigenvalue weighted by Crippen LogP contribution is -2.58. The molecule has 0 aliphatic carbocycles. The van der Waals surface area contributed by atoms with Gasteiger partial charge in [0, 0.05) is 20.1 Å². The number of rotatable bonds is 3. The number of hydrogen-bond donors (Lipinski definition) is 2. The van der Waals surface area contributed by atoms with Gasteiger partial charge < -0.3 is 15.3 Å². The van der Waals surface area contributed by atoms with Crippen molar-refractivity contribution in [2.24, 2.45) is 0 Å². The third kappa shape index (κ3) is 2.08. The van der Waals surface area contributed by atoms with E-state index in [1.54, 1.807) is 24.1 Å². The van der Waals surface area contributed by atoms with Gasteiger partial charge in [0.1, 0.15) is 0 Å². The summed E-state index contributed by atoms with van der Waals surface area (Å²) in [5.41, 5.74) is 0.645. The Morgan fingerprint density at radius 1 is 1.44 bits per heavy atom. The number of carbonyl (C=O) groups excluding carboxylic acids is 1. The average Bonchev–Trinajstić information content (AvgIpc) is 2.26. The summed E-state index contributed by atoms with van der Waals surface area (Å²) in [6.07, 6.45) is -1.05. The van der Waals surface area contributed by atoms with Gasteiger partial charge in [0.05, 0.1) is 6.04 Å². The van der Waals surface area contributed by atoms with Crippen molar-refractivity contribution in [3.05, 3.63) is 35.9 Å². The van der Waals surface area contributed by atoms with Crippen molar-refractivity contribution < 1.29 is 9.90 Å². The molecule has 1 atom stereocenters. The Hall–Kier alpha value is -1.39. The standard InChI is InChI=1S/C12H16N2O2/c1-14(10-7-13-8-10)12(16)11(15)9-5-3-2-4-6-9/h2-6,10-11,13,15H,7-8H2,1H3. The number of aliphatic hydroxyl groups is 1. The summed E-state index contributed by atoms with van der Waals surface area (Å²) in [5, 5.41) is 13.0. The van der Waals surface area contributed by atoms with E-state index in [4.69, 9.17) is 0 Å². The van der Waals surface area contributed by atoms with Crippen LogP contribution < -0.4 is 5.32 Å². The second kappa shape index (κ2) is 4.63. The molecule has 86 valence electrons. The minimum absolute atomic E-state index is 0.214. The van der Waals surface area contributed by atoms with E-state index < -0.39 is 6.10 Å². The van der Waals surface area contributed by atoms with Gasteiger partial charge in [-0.3, -0.25) is 4.79 Å². The monoisotopic (exact) mass is 220 g/mol. The summed E-state index contributed by atoms with van der Waals surface area (Å²) in [7, 11) is 1.74. The van der Waals surface area contributed by atoms with Crippen molar-refractivity contribution in [3.8, 4) is 0 Å². The van der Waals surface area contributed by atoms with Crippen molar-refractivity contribution in [1.82, 2.24) is 10.2 Å². The highest BCUT2D eigenvalue weighted by Crippen LogP contribution is 2.16. The molecule has 1 aliphatic rings. The van der Waals surface area contributed by atoms with Crippen LogP contribution in [0, 0.1) is 0 Å². The molecule has 0 bridgehead atoms. The highest BCUT2D eigenvalue weighted by molar-refractivity contribution is 5.82. The van der Waals surface area contributed by atoms with Crippen LogP contribution in [0.15, 0.2) is 30.3 Å². The van der Waals surface area contributed by atoms with Gasteiger partial charge in [-0.1, -0.05) is 30.3 Å². The fraction of sp³-hybridized carbons (Fsp3) is 0.417. The molecule has 0 spiro atoms. The Morgan fingerprint density at radius 3 is 2.56 bits per heavy atom. The Morgan fingerprint density at radius 2 is 2.06 bits per heavy atom. The van der Waals surface area contributed by atoms with Crippen LogP contribution >= 0.6 is 0 Å². The number of benzene rings is 1. The number of amides is 1. The van der Waals surface area contributed by atoms with Crippen LogP contribution in [0.3, 0.4) is 0 Å². The molecule has 1 aliphatic heterocycles. The Kier molecular flexibility index (Phi) is 3.22. The Labute approximate surface area is 94.9 Å². The molecule has 1 aromatic carbocycles. The maximum Gasteiger partial charge on any atom is 0.256 e. The molecule has 1 unspecified atom stereocenters. The fourth-order valence-electron chi connectivity index (χ4n) is 1.70. The molecule has 4 heteroatoms. The largest absolute Gasteiger partial charge is 0.378 e. The van der Waals surface area contributed by atoms with Crippen molar-refractivity contribution in [2.45, 2.75) is 12.1 Å². The Balaban J connectivity index is 2.04. The molecule has 1 saturated heterocycles. The average molecular weight is 220 g/mol. The first-order valence-electron chi connectivity index (χ1n) is 5.40. The zero-order chi connectivity index (χ0) is 11.5. The highest BCUT2D eigenvalue weighted by Gasteiger charge is 2.29. The van der Waals surface area contributed by atoms with E-state index in [9.17, 15) is 9.90 Å². The first-order valence-corrected chi connectivity index (χ1v) is 5.40. The summed E-state index contributed by atoms with van der Waals surface area (Å²) >= 11 is 0. The van der Waals surface area contributed by atoms with Crippen molar-refractivity contribution in [2.75, 3.05) is 20.1 Å². The summed E-state index contributed by atoms with van der Waals surface area (Å²) in [4.78, 5) is 13.5. The normalized spacial score (nSPS) is 17.6. The second-order valence-electron chi connectivity index (χ2n) is 4.07. The lowest BCUT2D eigenvalue weighted by atomic mass is 10.1. The fourth-order valence-corrected chi connectivity index (χ4v) is 1.70. The number of likely N-dealkylation sites (N-methyl/N-ethyl adjacent to an activating group) is 1. The van der Waals surface area contributed by atoms with Crippen molar-refractivity contribution in [3.63, 3.8) is 0 Å². The number of aliphatic hydroxyl groups excluding tert-OH is 1. The molecule has 1 amide bonds. The van der Waals surface area contributed by atoms with Gasteiger partial charge in [0.15, 0.2) is 6.10 Å². The van der Waals surface area contributed by atoms with E-state index in [2.05, 4.69) is 5.32 Å². The minimum Gasteiger partial charge on any atom is -0.378 e. The summed E-state index contributed by atoms with van der Waals surface area (Å²) in [5.74, 6) is -0.238. The first kappa shape index (κ1) is 11.1. The molecule has 1 aromatic rings. The SMILES string of the molecule is CN(C(=O)C(O)c1ccccc1)C1CNC1. The van der Waals surface area contributed by atoms with E-state index in [0.717, 1.165) is 13.1 Å².